The standard InChI is InChI=1S/C23H24N4O4S/c1-15(2)26-23(29)21-9-5-8-20(27-21)22(28)25-14-16-10-11-19(24-13-16)17-6-4-7-18(12-17)32(3,30)31/h4-13,15H,14H2,1-3H3,(H,25,28)(H,26,29). The summed E-state index contributed by atoms with van der Waals surface area (Å²) < 4.78 is 23.5. The van der Waals surface area contributed by atoms with E-state index in [1.807, 2.05) is 13.8 Å². The number of carbonyl (C=O) groups is 2. The molecule has 0 aliphatic carbocycles. The smallest absolute Gasteiger partial charge is 0.270 e. The normalized spacial score (nSPS) is 11.2. The molecular weight excluding hydrogens is 428 g/mol. The number of benzene rings is 1. The minimum Gasteiger partial charge on any atom is -0.349 e. The molecule has 1 aromatic carbocycles. The number of carbonyl (C=O) groups excluding carboxylic acids is 2. The quantitative estimate of drug-likeness (QED) is 0.569. The van der Waals surface area contributed by atoms with Crippen molar-refractivity contribution in [3.8, 4) is 11.3 Å². The first kappa shape index (κ1) is 23.1. The van der Waals surface area contributed by atoms with Crippen LogP contribution in [0.25, 0.3) is 11.3 Å². The van der Waals surface area contributed by atoms with Crippen molar-refractivity contribution in [2.75, 3.05) is 6.26 Å². The second kappa shape index (κ2) is 9.69. The van der Waals surface area contributed by atoms with Crippen molar-refractivity contribution < 1.29 is 18.0 Å². The number of hydrogen-bond acceptors (Lipinski definition) is 6. The monoisotopic (exact) mass is 452 g/mol. The summed E-state index contributed by atoms with van der Waals surface area (Å²) in [5.41, 5.74) is 2.38. The van der Waals surface area contributed by atoms with E-state index in [0.29, 0.717) is 11.3 Å². The summed E-state index contributed by atoms with van der Waals surface area (Å²) in [7, 11) is -3.31. The highest BCUT2D eigenvalue weighted by Gasteiger charge is 2.13. The molecule has 2 aromatic heterocycles. The number of hydrogen-bond donors (Lipinski definition) is 2. The fourth-order valence-electron chi connectivity index (χ4n) is 2.88. The Labute approximate surface area is 187 Å². The van der Waals surface area contributed by atoms with Gasteiger partial charge in [0.1, 0.15) is 11.4 Å². The predicted molar refractivity (Wildman–Crippen MR) is 121 cm³/mol. The second-order valence-corrected chi connectivity index (χ2v) is 9.59. The molecule has 0 bridgehead atoms. The third-order valence-electron chi connectivity index (χ3n) is 4.47. The molecule has 166 valence electrons. The average Bonchev–Trinajstić information content (AvgIpc) is 2.77. The lowest BCUT2D eigenvalue weighted by atomic mass is 10.1. The van der Waals surface area contributed by atoms with Gasteiger partial charge in [0.15, 0.2) is 9.84 Å². The molecule has 9 heteroatoms. The summed E-state index contributed by atoms with van der Waals surface area (Å²) >= 11 is 0. The molecule has 8 nitrogen and oxygen atoms in total. The topological polar surface area (TPSA) is 118 Å². The van der Waals surface area contributed by atoms with Crippen molar-refractivity contribution in [1.82, 2.24) is 20.6 Å². The summed E-state index contributed by atoms with van der Waals surface area (Å²) in [5, 5.41) is 5.50. The molecule has 0 atom stereocenters. The number of rotatable bonds is 7. The predicted octanol–water partition coefficient (Wildman–Crippen LogP) is 2.62. The summed E-state index contributed by atoms with van der Waals surface area (Å²) in [6.07, 6.45) is 2.77. The van der Waals surface area contributed by atoms with Gasteiger partial charge < -0.3 is 10.6 Å². The van der Waals surface area contributed by atoms with Gasteiger partial charge in [0.05, 0.1) is 10.6 Å². The summed E-state index contributed by atoms with van der Waals surface area (Å²) in [4.78, 5) is 33.3. The van der Waals surface area contributed by atoms with E-state index in [4.69, 9.17) is 0 Å². The summed E-state index contributed by atoms with van der Waals surface area (Å²) in [5.74, 6) is -0.747. The molecule has 2 N–H and O–H groups in total. The first-order valence-electron chi connectivity index (χ1n) is 9.95. The van der Waals surface area contributed by atoms with Crippen LogP contribution in [0.2, 0.25) is 0 Å². The summed E-state index contributed by atoms with van der Waals surface area (Å²) in [6, 6.07) is 14.8. The van der Waals surface area contributed by atoms with Gasteiger partial charge in [-0.15, -0.1) is 0 Å². The Morgan fingerprint density at radius 2 is 1.66 bits per heavy atom. The van der Waals surface area contributed by atoms with Gasteiger partial charge >= 0.3 is 0 Å². The second-order valence-electron chi connectivity index (χ2n) is 7.57. The van der Waals surface area contributed by atoms with Gasteiger partial charge in [-0.05, 0) is 49.7 Å². The van der Waals surface area contributed by atoms with Crippen molar-refractivity contribution in [3.05, 3.63) is 77.7 Å². The molecule has 0 saturated heterocycles. The average molecular weight is 453 g/mol. The number of amides is 2. The zero-order valence-corrected chi connectivity index (χ0v) is 18.8. The van der Waals surface area contributed by atoms with E-state index in [9.17, 15) is 18.0 Å². The van der Waals surface area contributed by atoms with E-state index in [1.54, 1.807) is 48.7 Å². The van der Waals surface area contributed by atoms with Crippen LogP contribution >= 0.6 is 0 Å². The van der Waals surface area contributed by atoms with Crippen molar-refractivity contribution in [3.63, 3.8) is 0 Å². The maximum absolute atomic E-state index is 12.5. The van der Waals surface area contributed by atoms with E-state index in [0.717, 1.165) is 11.8 Å². The Hall–Kier alpha value is -3.59. The fourth-order valence-corrected chi connectivity index (χ4v) is 3.55. The Balaban J connectivity index is 1.66. The van der Waals surface area contributed by atoms with Gasteiger partial charge in [0.2, 0.25) is 0 Å². The SMILES string of the molecule is CC(C)NC(=O)c1cccc(C(=O)NCc2ccc(-c3cccc(S(C)(=O)=O)c3)nc2)n1. The zero-order chi connectivity index (χ0) is 23.3. The molecule has 0 radical (unpaired) electrons. The van der Waals surface area contributed by atoms with Crippen LogP contribution < -0.4 is 10.6 Å². The highest BCUT2D eigenvalue weighted by atomic mass is 32.2. The lowest BCUT2D eigenvalue weighted by molar-refractivity contribution is 0.0936. The number of sulfone groups is 1. The van der Waals surface area contributed by atoms with Crippen LogP contribution in [0.3, 0.4) is 0 Å². The third-order valence-corrected chi connectivity index (χ3v) is 5.58. The Morgan fingerprint density at radius 1 is 0.969 bits per heavy atom. The van der Waals surface area contributed by atoms with E-state index >= 15 is 0 Å². The molecule has 2 amide bonds. The Kier molecular flexibility index (Phi) is 6.99. The Bertz CT molecular complexity index is 1240. The first-order chi connectivity index (χ1) is 15.1. The highest BCUT2D eigenvalue weighted by molar-refractivity contribution is 7.90. The number of pyridine rings is 2. The molecule has 0 aliphatic rings. The largest absolute Gasteiger partial charge is 0.349 e. The minimum absolute atomic E-state index is 0.0360. The van der Waals surface area contributed by atoms with Crippen LogP contribution in [0.4, 0.5) is 0 Å². The molecule has 0 saturated carbocycles. The highest BCUT2D eigenvalue weighted by Crippen LogP contribution is 2.21. The fraction of sp³-hybridized carbons (Fsp3) is 0.217. The van der Waals surface area contributed by atoms with Gasteiger partial charge in [-0.25, -0.2) is 13.4 Å². The molecule has 0 fully saturated rings. The maximum atomic E-state index is 12.5. The maximum Gasteiger partial charge on any atom is 0.270 e. The van der Waals surface area contributed by atoms with Gasteiger partial charge in [0, 0.05) is 30.6 Å². The van der Waals surface area contributed by atoms with Crippen molar-refractivity contribution >= 4 is 21.7 Å². The van der Waals surface area contributed by atoms with Crippen molar-refractivity contribution in [2.45, 2.75) is 31.3 Å². The minimum atomic E-state index is -3.31. The molecule has 0 unspecified atom stereocenters. The lowest BCUT2D eigenvalue weighted by Gasteiger charge is -2.09. The number of nitrogens with one attached hydrogen (secondary N) is 2. The molecule has 0 spiro atoms. The van der Waals surface area contributed by atoms with Crippen LogP contribution in [-0.4, -0.2) is 42.5 Å². The molecule has 3 aromatic rings. The first-order valence-corrected chi connectivity index (χ1v) is 11.8. The molecular formula is C23H24N4O4S. The van der Waals surface area contributed by atoms with Crippen LogP contribution in [-0.2, 0) is 16.4 Å². The van der Waals surface area contributed by atoms with Gasteiger partial charge in [0.25, 0.3) is 11.8 Å². The summed E-state index contributed by atoms with van der Waals surface area (Å²) in [6.45, 7) is 3.91. The van der Waals surface area contributed by atoms with Gasteiger partial charge in [-0.3, -0.25) is 14.6 Å². The zero-order valence-electron chi connectivity index (χ0n) is 18.0. The van der Waals surface area contributed by atoms with E-state index in [-0.39, 0.29) is 34.8 Å². The van der Waals surface area contributed by atoms with E-state index in [1.165, 1.54) is 12.1 Å². The van der Waals surface area contributed by atoms with Crippen LogP contribution in [0.15, 0.2) is 65.7 Å². The number of aromatic nitrogens is 2. The van der Waals surface area contributed by atoms with Gasteiger partial charge in [-0.2, -0.15) is 0 Å². The lowest BCUT2D eigenvalue weighted by Crippen LogP contribution is -2.31. The molecule has 0 aliphatic heterocycles. The Morgan fingerprint density at radius 3 is 2.28 bits per heavy atom. The van der Waals surface area contributed by atoms with E-state index < -0.39 is 15.7 Å². The van der Waals surface area contributed by atoms with Crippen molar-refractivity contribution in [2.24, 2.45) is 0 Å². The van der Waals surface area contributed by atoms with Crippen LogP contribution in [0.1, 0.15) is 40.4 Å². The van der Waals surface area contributed by atoms with Crippen molar-refractivity contribution in [1.29, 1.82) is 0 Å². The molecule has 2 heterocycles. The molecule has 32 heavy (non-hydrogen) atoms. The number of nitrogens with zero attached hydrogens (tertiary/aromatic N) is 2. The van der Waals surface area contributed by atoms with Gasteiger partial charge in [-0.1, -0.05) is 24.3 Å². The van der Waals surface area contributed by atoms with E-state index in [2.05, 4.69) is 20.6 Å². The molecule has 3 rings (SSSR count). The third kappa shape index (κ3) is 5.98. The van der Waals surface area contributed by atoms with Crippen LogP contribution in [0, 0.1) is 0 Å². The van der Waals surface area contributed by atoms with Crippen LogP contribution in [0.5, 0.6) is 0 Å².